The molecule has 0 aliphatic rings. The molecule has 1 aromatic carbocycles. The summed E-state index contributed by atoms with van der Waals surface area (Å²) in [4.78, 5) is 3.93. The minimum Gasteiger partial charge on any atom is -0.264 e. The maximum absolute atomic E-state index is 13.1. The Kier molecular flexibility index (Phi) is 1.54. The number of pyridine rings is 1. The van der Waals surface area contributed by atoms with E-state index >= 15 is 0 Å². The number of aryl methyl sites for hydroxylation is 1. The number of hydrogen-bond acceptors (Lipinski definition) is 1. The third-order valence-electron chi connectivity index (χ3n) is 1.95. The summed E-state index contributed by atoms with van der Waals surface area (Å²) in [6.07, 6.45) is 3.29. The molecule has 1 heterocycles. The van der Waals surface area contributed by atoms with Crippen LogP contribution in [0.25, 0.3) is 10.8 Å². The molecule has 12 heavy (non-hydrogen) atoms. The van der Waals surface area contributed by atoms with Crippen LogP contribution in [0.5, 0.6) is 0 Å². The van der Waals surface area contributed by atoms with E-state index in [1.807, 2.05) is 13.0 Å². The van der Waals surface area contributed by atoms with Gasteiger partial charge in [-0.1, -0.05) is 12.1 Å². The lowest BCUT2D eigenvalue weighted by molar-refractivity contribution is 0.639. The van der Waals surface area contributed by atoms with Crippen molar-refractivity contribution in [2.75, 3.05) is 0 Å². The van der Waals surface area contributed by atoms with Crippen molar-refractivity contribution in [3.05, 3.63) is 42.0 Å². The zero-order valence-corrected chi connectivity index (χ0v) is 6.71. The number of aromatic nitrogens is 1. The van der Waals surface area contributed by atoms with Gasteiger partial charge in [0.15, 0.2) is 0 Å². The second kappa shape index (κ2) is 2.55. The van der Waals surface area contributed by atoms with Gasteiger partial charge in [0.05, 0.1) is 0 Å². The summed E-state index contributed by atoms with van der Waals surface area (Å²) in [6, 6.07) is 5.06. The van der Waals surface area contributed by atoms with E-state index in [4.69, 9.17) is 0 Å². The van der Waals surface area contributed by atoms with Crippen LogP contribution < -0.4 is 0 Å². The van der Waals surface area contributed by atoms with Crippen LogP contribution in [0.3, 0.4) is 0 Å². The Morgan fingerprint density at radius 2 is 2.00 bits per heavy atom. The lowest BCUT2D eigenvalue weighted by Crippen LogP contribution is -1.84. The number of fused-ring (bicyclic) bond motifs is 1. The third-order valence-corrected chi connectivity index (χ3v) is 1.95. The number of halogens is 1. The molecule has 0 fully saturated rings. The first-order valence-electron chi connectivity index (χ1n) is 3.78. The van der Waals surface area contributed by atoms with Crippen molar-refractivity contribution < 1.29 is 4.39 Å². The lowest BCUT2D eigenvalue weighted by Gasteiger charge is -2.00. The summed E-state index contributed by atoms with van der Waals surface area (Å²) in [6.45, 7) is 1.93. The first-order chi connectivity index (χ1) is 5.79. The smallest absolute Gasteiger partial charge is 0.132 e. The first kappa shape index (κ1) is 7.22. The Morgan fingerprint density at radius 1 is 1.17 bits per heavy atom. The van der Waals surface area contributed by atoms with Crippen molar-refractivity contribution in [3.8, 4) is 0 Å². The van der Waals surface area contributed by atoms with E-state index in [-0.39, 0.29) is 5.82 Å². The Morgan fingerprint density at radius 3 is 2.75 bits per heavy atom. The van der Waals surface area contributed by atoms with E-state index in [1.54, 1.807) is 18.5 Å². The number of rotatable bonds is 0. The molecular weight excluding hydrogens is 153 g/mol. The minimum atomic E-state index is -0.205. The van der Waals surface area contributed by atoms with Gasteiger partial charge in [-0.05, 0) is 23.9 Å². The molecule has 0 unspecified atom stereocenters. The van der Waals surface area contributed by atoms with Crippen molar-refractivity contribution in [1.82, 2.24) is 4.98 Å². The van der Waals surface area contributed by atoms with E-state index in [2.05, 4.69) is 4.98 Å². The fourth-order valence-electron chi connectivity index (χ4n) is 1.31. The predicted octanol–water partition coefficient (Wildman–Crippen LogP) is 2.68. The van der Waals surface area contributed by atoms with Gasteiger partial charge in [0.25, 0.3) is 0 Å². The standard InChI is InChI=1S/C10H8FN/c1-7-5-12-6-9-8(7)3-2-4-10(9)11/h2-6H,1H3. The van der Waals surface area contributed by atoms with Crippen LogP contribution in [0.2, 0.25) is 0 Å². The number of hydrogen-bond donors (Lipinski definition) is 0. The number of nitrogens with zero attached hydrogens (tertiary/aromatic N) is 1. The van der Waals surface area contributed by atoms with Crippen molar-refractivity contribution in [1.29, 1.82) is 0 Å². The van der Waals surface area contributed by atoms with Crippen LogP contribution in [0.4, 0.5) is 4.39 Å². The zero-order chi connectivity index (χ0) is 8.55. The largest absolute Gasteiger partial charge is 0.264 e. The highest BCUT2D eigenvalue weighted by atomic mass is 19.1. The molecule has 0 atom stereocenters. The molecule has 2 rings (SSSR count). The molecule has 0 saturated carbocycles. The van der Waals surface area contributed by atoms with E-state index in [1.165, 1.54) is 6.07 Å². The normalized spacial score (nSPS) is 10.5. The quantitative estimate of drug-likeness (QED) is 0.578. The van der Waals surface area contributed by atoms with Crippen molar-refractivity contribution >= 4 is 10.8 Å². The molecular formula is C10H8FN. The van der Waals surface area contributed by atoms with Gasteiger partial charge in [0.2, 0.25) is 0 Å². The monoisotopic (exact) mass is 161 g/mol. The highest BCUT2D eigenvalue weighted by Crippen LogP contribution is 2.18. The molecule has 2 aromatic rings. The Bertz CT molecular complexity index is 382. The predicted molar refractivity (Wildman–Crippen MR) is 46.4 cm³/mol. The van der Waals surface area contributed by atoms with Crippen LogP contribution in [0, 0.1) is 12.7 Å². The van der Waals surface area contributed by atoms with Crippen LogP contribution in [0.15, 0.2) is 30.6 Å². The van der Waals surface area contributed by atoms with Crippen LogP contribution in [-0.4, -0.2) is 4.98 Å². The summed E-state index contributed by atoms with van der Waals surface area (Å²) in [5.74, 6) is -0.205. The molecule has 1 nitrogen and oxygen atoms in total. The van der Waals surface area contributed by atoms with Gasteiger partial charge in [-0.2, -0.15) is 0 Å². The number of benzene rings is 1. The fraction of sp³-hybridized carbons (Fsp3) is 0.100. The minimum absolute atomic E-state index is 0.205. The van der Waals surface area contributed by atoms with E-state index in [0.29, 0.717) is 5.39 Å². The molecule has 0 N–H and O–H groups in total. The molecule has 2 heteroatoms. The molecule has 0 radical (unpaired) electrons. The second-order valence-corrected chi connectivity index (χ2v) is 2.79. The average Bonchev–Trinajstić information content (AvgIpc) is 2.07. The van der Waals surface area contributed by atoms with Crippen molar-refractivity contribution in [3.63, 3.8) is 0 Å². The highest BCUT2D eigenvalue weighted by Gasteiger charge is 2.00. The summed E-state index contributed by atoms with van der Waals surface area (Å²) in [5.41, 5.74) is 1.01. The van der Waals surface area contributed by atoms with Crippen LogP contribution in [0.1, 0.15) is 5.56 Å². The maximum atomic E-state index is 13.1. The SMILES string of the molecule is Cc1cncc2c(F)cccc12. The van der Waals surface area contributed by atoms with Gasteiger partial charge in [-0.15, -0.1) is 0 Å². The van der Waals surface area contributed by atoms with E-state index in [0.717, 1.165) is 10.9 Å². The zero-order valence-electron chi connectivity index (χ0n) is 6.71. The van der Waals surface area contributed by atoms with Gasteiger partial charge in [0, 0.05) is 17.8 Å². The summed E-state index contributed by atoms with van der Waals surface area (Å²) in [7, 11) is 0. The molecule has 0 amide bonds. The fourth-order valence-corrected chi connectivity index (χ4v) is 1.31. The Hall–Kier alpha value is -1.44. The topological polar surface area (TPSA) is 12.9 Å². The summed E-state index contributed by atoms with van der Waals surface area (Å²) >= 11 is 0. The summed E-state index contributed by atoms with van der Waals surface area (Å²) < 4.78 is 13.1. The van der Waals surface area contributed by atoms with Gasteiger partial charge >= 0.3 is 0 Å². The van der Waals surface area contributed by atoms with E-state index < -0.39 is 0 Å². The maximum Gasteiger partial charge on any atom is 0.132 e. The Labute approximate surface area is 69.9 Å². The molecule has 0 saturated heterocycles. The van der Waals surface area contributed by atoms with E-state index in [9.17, 15) is 4.39 Å². The average molecular weight is 161 g/mol. The van der Waals surface area contributed by atoms with Gasteiger partial charge in [-0.3, -0.25) is 4.98 Å². The molecule has 60 valence electrons. The second-order valence-electron chi connectivity index (χ2n) is 2.79. The van der Waals surface area contributed by atoms with Crippen molar-refractivity contribution in [2.45, 2.75) is 6.92 Å². The molecule has 1 aromatic heterocycles. The first-order valence-corrected chi connectivity index (χ1v) is 3.78. The highest BCUT2D eigenvalue weighted by molar-refractivity contribution is 5.84. The lowest BCUT2D eigenvalue weighted by atomic mass is 10.1. The molecule has 0 aliphatic heterocycles. The van der Waals surface area contributed by atoms with Crippen LogP contribution in [-0.2, 0) is 0 Å². The van der Waals surface area contributed by atoms with Gasteiger partial charge < -0.3 is 0 Å². The molecule has 0 aliphatic carbocycles. The molecule has 0 bridgehead atoms. The van der Waals surface area contributed by atoms with Gasteiger partial charge in [-0.25, -0.2) is 4.39 Å². The Balaban J connectivity index is 2.94. The van der Waals surface area contributed by atoms with Crippen molar-refractivity contribution in [2.24, 2.45) is 0 Å². The summed E-state index contributed by atoms with van der Waals surface area (Å²) in [5, 5.41) is 1.53. The van der Waals surface area contributed by atoms with Gasteiger partial charge in [0.1, 0.15) is 5.82 Å². The van der Waals surface area contributed by atoms with Crippen LogP contribution >= 0.6 is 0 Å². The molecule has 0 spiro atoms. The third kappa shape index (κ3) is 0.961.